The molecule has 0 aromatic rings. The molecule has 23 heavy (non-hydrogen) atoms. The Labute approximate surface area is 145 Å². The Balaban J connectivity index is 0. The molecule has 0 amide bonds. The second kappa shape index (κ2) is 23.7. The number of carbonyl (C=O) groups is 1. The number of carbonyl (C=O) groups excluding carboxylic acids is 1. The Morgan fingerprint density at radius 1 is 0.652 bits per heavy atom. The summed E-state index contributed by atoms with van der Waals surface area (Å²) in [6.45, 7) is 10.5. The Kier molecular flexibility index (Phi) is 25.4. The SMILES string of the molecule is CCCCCCCCCCCCOC(=O)CCC.CCOCC. The van der Waals surface area contributed by atoms with Gasteiger partial charge in [0.2, 0.25) is 0 Å². The van der Waals surface area contributed by atoms with E-state index in [0.717, 1.165) is 26.1 Å². The van der Waals surface area contributed by atoms with Gasteiger partial charge in [-0.3, -0.25) is 4.79 Å². The average molecular weight is 331 g/mol. The van der Waals surface area contributed by atoms with Crippen LogP contribution in [0.25, 0.3) is 0 Å². The molecule has 140 valence electrons. The maximum atomic E-state index is 11.1. The van der Waals surface area contributed by atoms with E-state index in [1.165, 1.54) is 57.8 Å². The monoisotopic (exact) mass is 330 g/mol. The molecule has 3 heteroatoms. The van der Waals surface area contributed by atoms with Gasteiger partial charge >= 0.3 is 5.97 Å². The van der Waals surface area contributed by atoms with E-state index in [9.17, 15) is 4.79 Å². The van der Waals surface area contributed by atoms with Gasteiger partial charge in [-0.2, -0.15) is 0 Å². The predicted octanol–water partition coefficient (Wildman–Crippen LogP) is 6.29. The molecule has 0 radical (unpaired) electrons. The highest BCUT2D eigenvalue weighted by atomic mass is 16.5. The lowest BCUT2D eigenvalue weighted by Crippen LogP contribution is -2.04. The minimum atomic E-state index is -0.0339. The van der Waals surface area contributed by atoms with E-state index in [4.69, 9.17) is 9.47 Å². The molecular weight excluding hydrogens is 288 g/mol. The average Bonchev–Trinajstić information content (AvgIpc) is 2.54. The van der Waals surface area contributed by atoms with E-state index >= 15 is 0 Å². The highest BCUT2D eigenvalue weighted by molar-refractivity contribution is 5.69. The first-order valence-electron chi connectivity index (χ1n) is 9.96. The van der Waals surface area contributed by atoms with Crippen molar-refractivity contribution in [1.82, 2.24) is 0 Å². The van der Waals surface area contributed by atoms with Crippen molar-refractivity contribution in [2.75, 3.05) is 19.8 Å². The lowest BCUT2D eigenvalue weighted by Gasteiger charge is -2.04. The van der Waals surface area contributed by atoms with E-state index in [2.05, 4.69) is 6.92 Å². The van der Waals surface area contributed by atoms with Crippen molar-refractivity contribution in [3.8, 4) is 0 Å². The topological polar surface area (TPSA) is 35.5 Å². The van der Waals surface area contributed by atoms with E-state index < -0.39 is 0 Å². The van der Waals surface area contributed by atoms with Gasteiger partial charge in [-0.1, -0.05) is 71.6 Å². The Morgan fingerprint density at radius 3 is 1.52 bits per heavy atom. The number of hydrogen-bond acceptors (Lipinski definition) is 3. The maximum Gasteiger partial charge on any atom is 0.305 e. The van der Waals surface area contributed by atoms with Crippen LogP contribution in [0.3, 0.4) is 0 Å². The number of esters is 1. The fraction of sp³-hybridized carbons (Fsp3) is 0.950. The molecule has 0 saturated heterocycles. The second-order valence-electron chi connectivity index (χ2n) is 5.93. The van der Waals surface area contributed by atoms with Crippen LogP contribution in [0.4, 0.5) is 0 Å². The summed E-state index contributed by atoms with van der Waals surface area (Å²) in [5, 5.41) is 0. The molecule has 0 aliphatic carbocycles. The summed E-state index contributed by atoms with van der Waals surface area (Å²) in [6.07, 6.45) is 14.6. The van der Waals surface area contributed by atoms with Crippen molar-refractivity contribution < 1.29 is 14.3 Å². The zero-order valence-electron chi connectivity index (χ0n) is 16.3. The normalized spacial score (nSPS) is 10.1. The van der Waals surface area contributed by atoms with Crippen molar-refractivity contribution in [2.24, 2.45) is 0 Å². The first-order valence-corrected chi connectivity index (χ1v) is 9.96. The zero-order valence-corrected chi connectivity index (χ0v) is 16.3. The molecule has 0 atom stereocenters. The van der Waals surface area contributed by atoms with Crippen molar-refractivity contribution in [3.05, 3.63) is 0 Å². The molecule has 0 aliphatic rings. The van der Waals surface area contributed by atoms with Crippen molar-refractivity contribution in [1.29, 1.82) is 0 Å². The Bertz CT molecular complexity index is 215. The van der Waals surface area contributed by atoms with Crippen LogP contribution in [-0.4, -0.2) is 25.8 Å². The summed E-state index contributed by atoms with van der Waals surface area (Å²) >= 11 is 0. The molecule has 0 unspecified atom stereocenters. The smallest absolute Gasteiger partial charge is 0.305 e. The van der Waals surface area contributed by atoms with Crippen LogP contribution in [-0.2, 0) is 14.3 Å². The van der Waals surface area contributed by atoms with E-state index in [0.29, 0.717) is 13.0 Å². The molecule has 0 N–H and O–H groups in total. The van der Waals surface area contributed by atoms with E-state index in [-0.39, 0.29) is 5.97 Å². The summed E-state index contributed by atoms with van der Waals surface area (Å²) in [4.78, 5) is 11.1. The molecule has 0 aromatic carbocycles. The Hall–Kier alpha value is -0.570. The third kappa shape index (κ3) is 26.6. The zero-order chi connectivity index (χ0) is 17.6. The van der Waals surface area contributed by atoms with Crippen LogP contribution in [0.5, 0.6) is 0 Å². The number of rotatable bonds is 15. The van der Waals surface area contributed by atoms with Crippen LogP contribution in [0.2, 0.25) is 0 Å². The van der Waals surface area contributed by atoms with Crippen molar-refractivity contribution >= 4 is 5.97 Å². The molecule has 3 nitrogen and oxygen atoms in total. The van der Waals surface area contributed by atoms with Gasteiger partial charge in [0.15, 0.2) is 0 Å². The van der Waals surface area contributed by atoms with Crippen LogP contribution in [0.15, 0.2) is 0 Å². The molecular formula is C20H42O3. The summed E-state index contributed by atoms with van der Waals surface area (Å²) in [6, 6.07) is 0. The fourth-order valence-electron chi connectivity index (χ4n) is 2.26. The van der Waals surface area contributed by atoms with Crippen LogP contribution >= 0.6 is 0 Å². The van der Waals surface area contributed by atoms with Gasteiger partial charge in [0.1, 0.15) is 0 Å². The Morgan fingerprint density at radius 2 is 1.13 bits per heavy atom. The second-order valence-corrected chi connectivity index (χ2v) is 5.93. The minimum Gasteiger partial charge on any atom is -0.466 e. The van der Waals surface area contributed by atoms with Gasteiger partial charge in [0.05, 0.1) is 6.61 Å². The molecule has 0 spiro atoms. The molecule has 0 fully saturated rings. The standard InChI is InChI=1S/C16H32O2.C4H10O/c1-3-5-6-7-8-9-10-11-12-13-15-18-16(17)14-4-2;1-3-5-4-2/h3-15H2,1-2H3;3-4H2,1-2H3. The predicted molar refractivity (Wildman–Crippen MR) is 99.9 cm³/mol. The number of ether oxygens (including phenoxy) is 2. The number of hydrogen-bond donors (Lipinski definition) is 0. The third-order valence-electron chi connectivity index (χ3n) is 3.62. The molecule has 0 saturated carbocycles. The summed E-state index contributed by atoms with van der Waals surface area (Å²) < 4.78 is 9.95. The van der Waals surface area contributed by atoms with Crippen LogP contribution < -0.4 is 0 Å². The quantitative estimate of drug-likeness (QED) is 0.261. The minimum absolute atomic E-state index is 0.0339. The van der Waals surface area contributed by atoms with Crippen molar-refractivity contribution in [2.45, 2.75) is 105 Å². The molecule has 0 heterocycles. The van der Waals surface area contributed by atoms with Gasteiger partial charge in [-0.25, -0.2) is 0 Å². The largest absolute Gasteiger partial charge is 0.466 e. The lowest BCUT2D eigenvalue weighted by atomic mass is 10.1. The first-order chi connectivity index (χ1) is 11.2. The molecule has 0 aromatic heterocycles. The first kappa shape index (κ1) is 24.7. The van der Waals surface area contributed by atoms with E-state index in [1.807, 2.05) is 20.8 Å². The highest BCUT2D eigenvalue weighted by Crippen LogP contribution is 2.10. The molecule has 0 rings (SSSR count). The summed E-state index contributed by atoms with van der Waals surface area (Å²) in [5.74, 6) is -0.0339. The molecule has 0 bridgehead atoms. The summed E-state index contributed by atoms with van der Waals surface area (Å²) in [5.41, 5.74) is 0. The van der Waals surface area contributed by atoms with Gasteiger partial charge in [0, 0.05) is 19.6 Å². The fourth-order valence-corrected chi connectivity index (χ4v) is 2.26. The maximum absolute atomic E-state index is 11.1. The number of unbranched alkanes of at least 4 members (excludes halogenated alkanes) is 9. The third-order valence-corrected chi connectivity index (χ3v) is 3.62. The summed E-state index contributed by atoms with van der Waals surface area (Å²) in [7, 11) is 0. The molecule has 0 aliphatic heterocycles. The van der Waals surface area contributed by atoms with Gasteiger partial charge in [0.25, 0.3) is 0 Å². The van der Waals surface area contributed by atoms with Gasteiger partial charge < -0.3 is 9.47 Å². The lowest BCUT2D eigenvalue weighted by molar-refractivity contribution is -0.143. The van der Waals surface area contributed by atoms with Crippen LogP contribution in [0.1, 0.15) is 105 Å². The highest BCUT2D eigenvalue weighted by Gasteiger charge is 1.99. The van der Waals surface area contributed by atoms with Crippen molar-refractivity contribution in [3.63, 3.8) is 0 Å². The van der Waals surface area contributed by atoms with Gasteiger partial charge in [-0.05, 0) is 26.7 Å². The van der Waals surface area contributed by atoms with Gasteiger partial charge in [-0.15, -0.1) is 0 Å². The van der Waals surface area contributed by atoms with Crippen LogP contribution in [0, 0.1) is 0 Å². The van der Waals surface area contributed by atoms with E-state index in [1.54, 1.807) is 0 Å².